The minimum atomic E-state index is -1.23. The highest BCUT2D eigenvalue weighted by Gasteiger charge is 2.34. The number of hydrogen-bond donors (Lipinski definition) is 1. The molecule has 0 fully saturated rings. The van der Waals surface area contributed by atoms with Crippen LogP contribution in [0.3, 0.4) is 0 Å². The highest BCUT2D eigenvalue weighted by Crippen LogP contribution is 2.40. The first-order valence-corrected chi connectivity index (χ1v) is 6.70. The van der Waals surface area contributed by atoms with Crippen molar-refractivity contribution in [2.24, 2.45) is 0 Å². The van der Waals surface area contributed by atoms with Gasteiger partial charge in [0.05, 0.1) is 12.7 Å². The largest absolute Gasteiger partial charge is 0.488 e. The van der Waals surface area contributed by atoms with Crippen molar-refractivity contribution in [1.82, 2.24) is 0 Å². The van der Waals surface area contributed by atoms with Gasteiger partial charge in [0.2, 0.25) is 0 Å². The normalized spacial score (nSPS) is 19.8. The molecule has 0 saturated heterocycles. The van der Waals surface area contributed by atoms with Gasteiger partial charge in [-0.2, -0.15) is 0 Å². The quantitative estimate of drug-likeness (QED) is 0.818. The van der Waals surface area contributed by atoms with E-state index in [1.54, 1.807) is 25.1 Å². The summed E-state index contributed by atoms with van der Waals surface area (Å²) < 4.78 is 10.5. The van der Waals surface area contributed by atoms with E-state index in [-0.39, 0.29) is 0 Å². The molecule has 4 heteroatoms. The molecule has 0 aromatic heterocycles. The van der Waals surface area contributed by atoms with Crippen molar-refractivity contribution in [2.45, 2.75) is 19.1 Å². The minimum Gasteiger partial charge on any atom is -0.488 e. The van der Waals surface area contributed by atoms with E-state index in [1.165, 1.54) is 7.11 Å². The standard InChI is InChI=1S/C17H16O4/c1-17(19)13-6-4-3-5-12(13)10-21-15-8-7-11(9-14(15)17)16(18)20-2/h3-9,19H,10H2,1-2H3. The van der Waals surface area contributed by atoms with Gasteiger partial charge in [0.25, 0.3) is 0 Å². The van der Waals surface area contributed by atoms with E-state index in [1.807, 2.05) is 24.3 Å². The number of carbonyl (C=O) groups is 1. The molecule has 2 aromatic carbocycles. The van der Waals surface area contributed by atoms with Gasteiger partial charge in [-0.05, 0) is 36.2 Å². The van der Waals surface area contributed by atoms with Crippen LogP contribution in [0.2, 0.25) is 0 Å². The molecule has 1 aliphatic heterocycles. The monoisotopic (exact) mass is 284 g/mol. The Bertz CT molecular complexity index is 704. The lowest BCUT2D eigenvalue weighted by Gasteiger charge is -2.25. The Morgan fingerprint density at radius 3 is 2.76 bits per heavy atom. The summed E-state index contributed by atoms with van der Waals surface area (Å²) in [5.41, 5.74) is 1.44. The van der Waals surface area contributed by atoms with Crippen LogP contribution in [0.4, 0.5) is 0 Å². The molecule has 0 saturated carbocycles. The molecule has 0 radical (unpaired) electrons. The number of esters is 1. The summed E-state index contributed by atoms with van der Waals surface area (Å²) in [5, 5.41) is 11.0. The van der Waals surface area contributed by atoms with E-state index in [0.717, 1.165) is 11.1 Å². The molecular weight excluding hydrogens is 268 g/mol. The fourth-order valence-corrected chi connectivity index (χ4v) is 2.70. The first-order chi connectivity index (χ1) is 10.0. The summed E-state index contributed by atoms with van der Waals surface area (Å²) in [6.45, 7) is 2.09. The molecule has 4 nitrogen and oxygen atoms in total. The molecule has 1 N–H and O–H groups in total. The third-order valence-corrected chi connectivity index (χ3v) is 3.85. The number of carbonyl (C=O) groups excluding carboxylic acids is 1. The van der Waals surface area contributed by atoms with Crippen molar-refractivity contribution in [3.63, 3.8) is 0 Å². The Hall–Kier alpha value is -2.33. The van der Waals surface area contributed by atoms with Crippen molar-refractivity contribution in [3.8, 4) is 5.75 Å². The molecule has 0 spiro atoms. The third-order valence-electron chi connectivity index (χ3n) is 3.85. The van der Waals surface area contributed by atoms with Crippen LogP contribution in [0, 0.1) is 0 Å². The predicted octanol–water partition coefficient (Wildman–Crippen LogP) is 2.62. The lowest BCUT2D eigenvalue weighted by atomic mass is 9.85. The van der Waals surface area contributed by atoms with Crippen molar-refractivity contribution < 1.29 is 19.4 Å². The van der Waals surface area contributed by atoms with Crippen molar-refractivity contribution in [2.75, 3.05) is 7.11 Å². The van der Waals surface area contributed by atoms with Crippen molar-refractivity contribution in [1.29, 1.82) is 0 Å². The highest BCUT2D eigenvalue weighted by molar-refractivity contribution is 5.90. The smallest absolute Gasteiger partial charge is 0.337 e. The van der Waals surface area contributed by atoms with Gasteiger partial charge in [-0.3, -0.25) is 0 Å². The van der Waals surface area contributed by atoms with Gasteiger partial charge in [-0.1, -0.05) is 24.3 Å². The SMILES string of the molecule is COC(=O)c1ccc2c(c1)C(C)(O)c1ccccc1CO2. The average Bonchev–Trinajstić information content (AvgIpc) is 2.62. The molecule has 1 unspecified atom stereocenters. The first kappa shape index (κ1) is 13.6. The molecule has 1 aliphatic rings. The molecule has 2 aromatic rings. The number of benzene rings is 2. The summed E-state index contributed by atoms with van der Waals surface area (Å²) in [5.74, 6) is 0.134. The highest BCUT2D eigenvalue weighted by atomic mass is 16.5. The van der Waals surface area contributed by atoms with Gasteiger partial charge in [0, 0.05) is 5.56 Å². The Labute approximate surface area is 122 Å². The predicted molar refractivity (Wildman–Crippen MR) is 77.2 cm³/mol. The number of aliphatic hydroxyl groups is 1. The average molecular weight is 284 g/mol. The maximum atomic E-state index is 11.7. The molecule has 0 amide bonds. The summed E-state index contributed by atoms with van der Waals surface area (Å²) >= 11 is 0. The van der Waals surface area contributed by atoms with Crippen LogP contribution in [-0.4, -0.2) is 18.2 Å². The summed E-state index contributed by atoms with van der Waals surface area (Å²) in [6, 6.07) is 12.5. The van der Waals surface area contributed by atoms with Crippen LogP contribution in [0.25, 0.3) is 0 Å². The number of fused-ring (bicyclic) bond motifs is 2. The Morgan fingerprint density at radius 1 is 1.24 bits per heavy atom. The second-order valence-corrected chi connectivity index (χ2v) is 5.22. The molecule has 1 heterocycles. The molecule has 21 heavy (non-hydrogen) atoms. The molecule has 108 valence electrons. The second-order valence-electron chi connectivity index (χ2n) is 5.22. The van der Waals surface area contributed by atoms with Gasteiger partial charge in [0.15, 0.2) is 0 Å². The fourth-order valence-electron chi connectivity index (χ4n) is 2.70. The van der Waals surface area contributed by atoms with E-state index >= 15 is 0 Å². The Balaban J connectivity index is 2.19. The molecule has 3 rings (SSSR count). The minimum absolute atomic E-state index is 0.386. The Morgan fingerprint density at radius 2 is 2.00 bits per heavy atom. The van der Waals surface area contributed by atoms with E-state index < -0.39 is 11.6 Å². The van der Waals surface area contributed by atoms with Crippen LogP contribution < -0.4 is 4.74 Å². The van der Waals surface area contributed by atoms with Crippen LogP contribution in [0.15, 0.2) is 42.5 Å². The number of hydrogen-bond acceptors (Lipinski definition) is 4. The van der Waals surface area contributed by atoms with Gasteiger partial charge in [-0.15, -0.1) is 0 Å². The van der Waals surface area contributed by atoms with Crippen molar-refractivity contribution >= 4 is 5.97 Å². The molecular formula is C17H16O4. The van der Waals surface area contributed by atoms with Crippen LogP contribution in [0.5, 0.6) is 5.75 Å². The van der Waals surface area contributed by atoms with Crippen LogP contribution >= 0.6 is 0 Å². The van der Waals surface area contributed by atoms with E-state index in [9.17, 15) is 9.90 Å². The summed E-state index contributed by atoms with van der Waals surface area (Å²) in [7, 11) is 1.33. The van der Waals surface area contributed by atoms with Crippen LogP contribution in [-0.2, 0) is 16.9 Å². The summed E-state index contributed by atoms with van der Waals surface area (Å²) in [4.78, 5) is 11.7. The molecule has 0 bridgehead atoms. The fraction of sp³-hybridized carbons (Fsp3) is 0.235. The summed E-state index contributed by atoms with van der Waals surface area (Å²) in [6.07, 6.45) is 0. The zero-order valence-electron chi connectivity index (χ0n) is 11.9. The van der Waals surface area contributed by atoms with Gasteiger partial charge in [-0.25, -0.2) is 4.79 Å². The van der Waals surface area contributed by atoms with E-state index in [2.05, 4.69) is 0 Å². The van der Waals surface area contributed by atoms with E-state index in [4.69, 9.17) is 9.47 Å². The first-order valence-electron chi connectivity index (χ1n) is 6.70. The maximum Gasteiger partial charge on any atom is 0.337 e. The zero-order valence-corrected chi connectivity index (χ0v) is 11.9. The Kier molecular flexibility index (Phi) is 3.18. The van der Waals surface area contributed by atoms with Gasteiger partial charge >= 0.3 is 5.97 Å². The van der Waals surface area contributed by atoms with Gasteiger partial charge < -0.3 is 14.6 Å². The third kappa shape index (κ3) is 2.17. The topological polar surface area (TPSA) is 55.8 Å². The molecule has 1 atom stereocenters. The van der Waals surface area contributed by atoms with E-state index in [0.29, 0.717) is 23.5 Å². The molecule has 0 aliphatic carbocycles. The lowest BCUT2D eigenvalue weighted by molar-refractivity contribution is 0.0599. The second kappa shape index (κ2) is 4.90. The van der Waals surface area contributed by atoms with Crippen LogP contribution in [0.1, 0.15) is 34.0 Å². The number of ether oxygens (including phenoxy) is 2. The number of rotatable bonds is 1. The number of methoxy groups -OCH3 is 1. The maximum absolute atomic E-state index is 11.7. The van der Waals surface area contributed by atoms with Gasteiger partial charge in [0.1, 0.15) is 18.0 Å². The lowest BCUT2D eigenvalue weighted by Crippen LogP contribution is -2.24. The zero-order chi connectivity index (χ0) is 15.0. The van der Waals surface area contributed by atoms with Crippen molar-refractivity contribution in [3.05, 3.63) is 64.7 Å².